The molecular weight excluding hydrogens is 459 g/mol. The van der Waals surface area contributed by atoms with Crippen LogP contribution in [-0.2, 0) is 11.3 Å². The number of carbonyl (C=O) groups excluding carboxylic acids is 1. The molecule has 2 rings (SSSR count). The monoisotopic (exact) mass is 484 g/mol. The zero-order chi connectivity index (χ0) is 22.6. The first-order chi connectivity index (χ1) is 14.0. The Bertz CT molecular complexity index is 1030. The maximum absolute atomic E-state index is 14.0. The lowest BCUT2D eigenvalue weighted by molar-refractivity contribution is -0.120. The fourth-order valence-corrected chi connectivity index (χ4v) is 3.21. The van der Waals surface area contributed by atoms with Crippen LogP contribution in [0.4, 0.5) is 15.9 Å². The van der Waals surface area contributed by atoms with Gasteiger partial charge in [-0.25, -0.2) is 9.18 Å². The Hall–Kier alpha value is -2.62. The van der Waals surface area contributed by atoms with E-state index in [1.54, 1.807) is 6.07 Å². The first kappa shape index (κ1) is 23.7. The molecule has 0 bridgehead atoms. The second-order valence-electron chi connectivity index (χ2n) is 7.76. The minimum Gasteiger partial charge on any atom is -0.481 e. The molecule has 0 aliphatic carbocycles. The summed E-state index contributed by atoms with van der Waals surface area (Å²) >= 11 is 3.15. The number of nitrogens with zero attached hydrogens (tertiary/aromatic N) is 2. The van der Waals surface area contributed by atoms with E-state index in [4.69, 9.17) is 10.5 Å². The highest BCUT2D eigenvalue weighted by Crippen LogP contribution is 2.23. The number of H-pyrrole nitrogens is 1. The Morgan fingerprint density at radius 3 is 2.50 bits per heavy atom. The third kappa shape index (κ3) is 5.71. The lowest BCUT2D eigenvalue weighted by Crippen LogP contribution is -2.44. The van der Waals surface area contributed by atoms with Gasteiger partial charge >= 0.3 is 5.69 Å². The maximum Gasteiger partial charge on any atom is 0.330 e. The van der Waals surface area contributed by atoms with Crippen molar-refractivity contribution in [1.29, 1.82) is 0 Å². The van der Waals surface area contributed by atoms with Crippen molar-refractivity contribution < 1.29 is 13.9 Å². The molecule has 0 saturated carbocycles. The summed E-state index contributed by atoms with van der Waals surface area (Å²) in [5.41, 5.74) is 4.62. The van der Waals surface area contributed by atoms with Crippen molar-refractivity contribution in [3.8, 4) is 5.75 Å². The van der Waals surface area contributed by atoms with Gasteiger partial charge in [-0.1, -0.05) is 43.6 Å². The number of hydrogen-bond donors (Lipinski definition) is 2. The number of nitrogens with two attached hydrogens (primary N) is 1. The molecule has 1 aromatic heterocycles. The summed E-state index contributed by atoms with van der Waals surface area (Å²) in [5.74, 6) is -1.33. The number of hydrogen-bond acceptors (Lipinski definition) is 5. The van der Waals surface area contributed by atoms with E-state index in [9.17, 15) is 18.8 Å². The highest BCUT2D eigenvalue weighted by atomic mass is 79.9. The highest BCUT2D eigenvalue weighted by Gasteiger charge is 2.26. The minimum atomic E-state index is -0.763. The molecule has 30 heavy (non-hydrogen) atoms. The molecule has 1 amide bonds. The van der Waals surface area contributed by atoms with Crippen molar-refractivity contribution in [2.75, 3.05) is 23.8 Å². The quantitative estimate of drug-likeness (QED) is 0.598. The highest BCUT2D eigenvalue weighted by molar-refractivity contribution is 9.10. The zero-order valence-corrected chi connectivity index (χ0v) is 19.0. The molecule has 0 fully saturated rings. The van der Waals surface area contributed by atoms with Gasteiger partial charge in [0.2, 0.25) is 0 Å². The second kappa shape index (κ2) is 9.92. The van der Waals surface area contributed by atoms with Crippen LogP contribution in [0.3, 0.4) is 0 Å². The van der Waals surface area contributed by atoms with E-state index in [0.717, 1.165) is 0 Å². The molecule has 10 heteroatoms. The average molecular weight is 485 g/mol. The molecule has 0 aliphatic rings. The van der Waals surface area contributed by atoms with E-state index in [1.807, 2.05) is 27.7 Å². The molecule has 0 spiro atoms. The average Bonchev–Trinajstić information content (AvgIpc) is 2.62. The van der Waals surface area contributed by atoms with Gasteiger partial charge in [0.1, 0.15) is 5.82 Å². The number of halogens is 2. The molecule has 164 valence electrons. The number of rotatable bonds is 8. The summed E-state index contributed by atoms with van der Waals surface area (Å²) in [5, 5.41) is 0. The number of amides is 1. The summed E-state index contributed by atoms with van der Waals surface area (Å²) in [6.45, 7) is 7.46. The van der Waals surface area contributed by atoms with Crippen molar-refractivity contribution in [1.82, 2.24) is 9.55 Å². The van der Waals surface area contributed by atoms with Gasteiger partial charge < -0.3 is 15.4 Å². The number of carbonyl (C=O) groups is 1. The molecule has 1 heterocycles. The normalized spacial score (nSPS) is 11.2. The summed E-state index contributed by atoms with van der Waals surface area (Å²) in [7, 11) is 0. The Balaban J connectivity index is 2.40. The molecule has 0 saturated heterocycles. The number of nitrogens with one attached hydrogen (secondary N) is 1. The number of benzene rings is 1. The van der Waals surface area contributed by atoms with Crippen molar-refractivity contribution in [3.05, 3.63) is 49.3 Å². The number of anilines is 2. The second-order valence-corrected chi connectivity index (χ2v) is 8.67. The Labute approximate surface area is 182 Å². The van der Waals surface area contributed by atoms with Crippen LogP contribution in [0.2, 0.25) is 0 Å². The van der Waals surface area contributed by atoms with Gasteiger partial charge in [-0.3, -0.25) is 19.1 Å². The fraction of sp³-hybridized carbons (Fsp3) is 0.450. The van der Waals surface area contributed by atoms with Crippen LogP contribution in [0.15, 0.2) is 32.3 Å². The van der Waals surface area contributed by atoms with Crippen LogP contribution in [0.5, 0.6) is 5.75 Å². The first-order valence-corrected chi connectivity index (χ1v) is 10.3. The van der Waals surface area contributed by atoms with Crippen LogP contribution in [-0.4, -0.2) is 28.6 Å². The third-order valence-corrected chi connectivity index (χ3v) is 4.62. The maximum atomic E-state index is 14.0. The Morgan fingerprint density at radius 1 is 1.27 bits per heavy atom. The molecule has 0 aliphatic heterocycles. The third-order valence-electron chi connectivity index (χ3n) is 4.13. The molecule has 8 nitrogen and oxygen atoms in total. The van der Waals surface area contributed by atoms with Crippen molar-refractivity contribution in [2.24, 2.45) is 11.8 Å². The van der Waals surface area contributed by atoms with Gasteiger partial charge in [0.25, 0.3) is 11.5 Å². The minimum absolute atomic E-state index is 0.0114. The van der Waals surface area contributed by atoms with Crippen LogP contribution in [0, 0.1) is 17.7 Å². The van der Waals surface area contributed by atoms with Gasteiger partial charge in [0.15, 0.2) is 23.9 Å². The fourth-order valence-electron chi connectivity index (χ4n) is 2.88. The number of aromatic nitrogens is 2. The van der Waals surface area contributed by atoms with Crippen LogP contribution in [0.1, 0.15) is 27.7 Å². The van der Waals surface area contributed by atoms with E-state index < -0.39 is 29.6 Å². The first-order valence-electron chi connectivity index (χ1n) is 9.52. The smallest absolute Gasteiger partial charge is 0.330 e. The van der Waals surface area contributed by atoms with E-state index in [0.29, 0.717) is 4.47 Å². The number of nitrogen functional groups attached to an aromatic ring is 1. The molecule has 1 aromatic carbocycles. The predicted octanol–water partition coefficient (Wildman–Crippen LogP) is 2.74. The van der Waals surface area contributed by atoms with E-state index >= 15 is 0 Å². The molecule has 0 radical (unpaired) electrons. The largest absolute Gasteiger partial charge is 0.481 e. The topological polar surface area (TPSA) is 110 Å². The lowest BCUT2D eigenvalue weighted by atomic mass is 10.2. The van der Waals surface area contributed by atoms with Crippen LogP contribution < -0.4 is 26.6 Å². The van der Waals surface area contributed by atoms with Crippen LogP contribution >= 0.6 is 15.9 Å². The molecule has 2 aromatic rings. The van der Waals surface area contributed by atoms with Gasteiger partial charge in [-0.05, 0) is 30.0 Å². The van der Waals surface area contributed by atoms with Crippen LogP contribution in [0.25, 0.3) is 0 Å². The van der Waals surface area contributed by atoms with Gasteiger partial charge in [-0.15, -0.1) is 0 Å². The SMILES string of the molecule is CC(C)CN(C(=O)COc1ccc(Br)cc1F)c1c(N)n(CC(C)C)c(=O)[nH]c1=O. The summed E-state index contributed by atoms with van der Waals surface area (Å²) < 4.78 is 21.1. The van der Waals surface area contributed by atoms with Crippen molar-refractivity contribution >= 4 is 33.3 Å². The summed E-state index contributed by atoms with van der Waals surface area (Å²) in [4.78, 5) is 41.1. The molecule has 0 atom stereocenters. The van der Waals surface area contributed by atoms with Gasteiger partial charge in [0.05, 0.1) is 0 Å². The van der Waals surface area contributed by atoms with E-state index in [1.165, 1.54) is 21.6 Å². The van der Waals surface area contributed by atoms with E-state index in [2.05, 4.69) is 20.9 Å². The number of ether oxygens (including phenoxy) is 1. The number of aromatic amines is 1. The van der Waals surface area contributed by atoms with E-state index in [-0.39, 0.29) is 42.2 Å². The molecule has 3 N–H and O–H groups in total. The van der Waals surface area contributed by atoms with Crippen molar-refractivity contribution in [3.63, 3.8) is 0 Å². The zero-order valence-electron chi connectivity index (χ0n) is 17.4. The Kier molecular flexibility index (Phi) is 7.83. The predicted molar refractivity (Wildman–Crippen MR) is 117 cm³/mol. The lowest BCUT2D eigenvalue weighted by Gasteiger charge is -2.26. The summed E-state index contributed by atoms with van der Waals surface area (Å²) in [6.07, 6.45) is 0. The van der Waals surface area contributed by atoms with Gasteiger partial charge in [0, 0.05) is 17.6 Å². The standard InChI is InChI=1S/C20H26BrFN4O4/c1-11(2)8-25(16(27)10-30-15-6-5-13(21)7-14(15)22)17-18(23)26(9-12(3)4)20(29)24-19(17)28/h5-7,11-12H,8-10,23H2,1-4H3,(H,24,28,29). The van der Waals surface area contributed by atoms with Gasteiger partial charge in [-0.2, -0.15) is 0 Å². The molecule has 0 unspecified atom stereocenters. The Morgan fingerprint density at radius 2 is 1.93 bits per heavy atom. The van der Waals surface area contributed by atoms with Crippen molar-refractivity contribution in [2.45, 2.75) is 34.2 Å². The summed E-state index contributed by atoms with van der Waals surface area (Å²) in [6, 6.07) is 4.19. The molecular formula is C20H26BrFN4O4.